The number of aliphatic hydroxyl groups is 1. The van der Waals surface area contributed by atoms with Gasteiger partial charge in [0, 0.05) is 63.5 Å². The fourth-order valence-corrected chi connectivity index (χ4v) is 9.47. The van der Waals surface area contributed by atoms with Crippen LogP contribution in [0, 0.1) is 12.8 Å². The average Bonchev–Trinajstić information content (AvgIpc) is 3.66. The van der Waals surface area contributed by atoms with Crippen molar-refractivity contribution in [3.8, 4) is 34.1 Å². The summed E-state index contributed by atoms with van der Waals surface area (Å²) in [6.45, 7) is 8.73. The van der Waals surface area contributed by atoms with Gasteiger partial charge in [0.2, 0.25) is 0 Å². The van der Waals surface area contributed by atoms with E-state index in [1.807, 2.05) is 57.2 Å². The zero-order valence-electron chi connectivity index (χ0n) is 29.1. The fraction of sp³-hybridized carbons (Fsp3) is 0.425. The number of nitrogens with zero attached hydrogens (tertiary/aromatic N) is 2. The molecule has 2 aliphatic heterocycles. The molecule has 4 aliphatic rings. The molecule has 256 valence electrons. The molecule has 8 rings (SSSR count). The molecule has 0 amide bonds. The van der Waals surface area contributed by atoms with Crippen molar-refractivity contribution in [1.82, 2.24) is 9.30 Å². The van der Waals surface area contributed by atoms with Gasteiger partial charge in [0.1, 0.15) is 23.7 Å². The van der Waals surface area contributed by atoms with E-state index in [9.17, 15) is 15.0 Å². The number of benzene rings is 2. The number of aromatic nitrogens is 1. The number of piperidine rings is 1. The second-order valence-corrected chi connectivity index (χ2v) is 14.5. The van der Waals surface area contributed by atoms with Crippen LogP contribution in [0.15, 0.2) is 54.7 Å². The molecular formula is C40H44N2O7. The van der Waals surface area contributed by atoms with Crippen molar-refractivity contribution in [3.63, 3.8) is 0 Å². The summed E-state index contributed by atoms with van der Waals surface area (Å²) in [5, 5.41) is 22.9. The molecule has 9 heteroatoms. The summed E-state index contributed by atoms with van der Waals surface area (Å²) in [7, 11) is 5.45. The lowest BCUT2D eigenvalue weighted by molar-refractivity contribution is -0.0454. The quantitative estimate of drug-likeness (QED) is 0.179. The molecule has 4 aromatic rings. The second kappa shape index (κ2) is 11.3. The molecule has 9 nitrogen and oxygen atoms in total. The Morgan fingerprint density at radius 3 is 2.61 bits per heavy atom. The Morgan fingerprint density at radius 2 is 1.88 bits per heavy atom. The Bertz CT molecular complexity index is 2050. The first-order valence-electron chi connectivity index (χ1n) is 17.2. The van der Waals surface area contributed by atoms with Crippen molar-refractivity contribution in [2.45, 2.75) is 76.2 Å². The third kappa shape index (κ3) is 4.47. The number of esters is 1. The fourth-order valence-electron chi connectivity index (χ4n) is 9.47. The number of phenolic OH excluding ortho intramolecular Hbond substituents is 1. The van der Waals surface area contributed by atoms with Crippen molar-refractivity contribution < 1.29 is 34.0 Å². The molecule has 2 aromatic carbocycles. The van der Waals surface area contributed by atoms with E-state index in [4.69, 9.17) is 18.9 Å². The number of likely N-dealkylation sites (N-methyl/N-ethyl adjacent to an activating group) is 1. The van der Waals surface area contributed by atoms with E-state index in [1.54, 1.807) is 14.2 Å². The van der Waals surface area contributed by atoms with Gasteiger partial charge in [-0.15, -0.1) is 0 Å². The Balaban J connectivity index is 1.35. The van der Waals surface area contributed by atoms with Crippen molar-refractivity contribution in [3.05, 3.63) is 88.3 Å². The van der Waals surface area contributed by atoms with Gasteiger partial charge in [-0.25, -0.2) is 4.79 Å². The van der Waals surface area contributed by atoms with Gasteiger partial charge in [-0.3, -0.25) is 0 Å². The van der Waals surface area contributed by atoms with E-state index in [-0.39, 0.29) is 35.7 Å². The number of fused-ring (bicyclic) bond motifs is 1. The molecule has 1 fully saturated rings. The number of methoxy groups -OCH3 is 2. The Morgan fingerprint density at radius 1 is 1.08 bits per heavy atom. The largest absolute Gasteiger partial charge is 0.504 e. The highest BCUT2D eigenvalue weighted by molar-refractivity contribution is 5.93. The van der Waals surface area contributed by atoms with Crippen molar-refractivity contribution in [1.29, 1.82) is 0 Å². The smallest absolute Gasteiger partial charge is 0.338 e. The van der Waals surface area contributed by atoms with Crippen LogP contribution >= 0.6 is 0 Å². The third-order valence-corrected chi connectivity index (χ3v) is 11.7. The molecule has 0 radical (unpaired) electrons. The maximum atomic E-state index is 13.6. The van der Waals surface area contributed by atoms with Crippen LogP contribution in [0.4, 0.5) is 0 Å². The summed E-state index contributed by atoms with van der Waals surface area (Å²) in [5.74, 6) is 1.54. The van der Waals surface area contributed by atoms with E-state index in [0.717, 1.165) is 58.4 Å². The predicted octanol–water partition coefficient (Wildman–Crippen LogP) is 6.16. The summed E-state index contributed by atoms with van der Waals surface area (Å²) in [6, 6.07) is 11.8. The first-order valence-corrected chi connectivity index (χ1v) is 17.2. The highest BCUT2D eigenvalue weighted by Crippen LogP contribution is 2.63. The molecule has 6 atom stereocenters. The van der Waals surface area contributed by atoms with Crippen LogP contribution < -0.4 is 14.2 Å². The maximum Gasteiger partial charge on any atom is 0.338 e. The SMILES string of the molecule is COc1ccc(-c2cc3cc(C(=O)OC(C)C)c(C)c(C(C)c4cc(O)c5c6c4C[C@@H]4[C@@H]7C=C[C@H](O)[C@H](O5)[C@]67CCN4C)n3c2)c(OC)c1. The van der Waals surface area contributed by atoms with Crippen LogP contribution in [0.1, 0.15) is 71.4 Å². The van der Waals surface area contributed by atoms with Crippen LogP contribution in [0.5, 0.6) is 23.0 Å². The van der Waals surface area contributed by atoms with E-state index in [0.29, 0.717) is 22.8 Å². The van der Waals surface area contributed by atoms with E-state index in [1.165, 1.54) is 5.56 Å². The van der Waals surface area contributed by atoms with Gasteiger partial charge < -0.3 is 38.5 Å². The lowest BCUT2D eigenvalue weighted by Crippen LogP contribution is -2.64. The van der Waals surface area contributed by atoms with Crippen LogP contribution in [-0.4, -0.2) is 77.6 Å². The van der Waals surface area contributed by atoms with E-state index < -0.39 is 17.6 Å². The van der Waals surface area contributed by atoms with Crippen molar-refractivity contribution in [2.24, 2.45) is 5.92 Å². The number of hydrogen-bond acceptors (Lipinski definition) is 8. The van der Waals surface area contributed by atoms with Crippen LogP contribution in [-0.2, 0) is 16.6 Å². The number of rotatable bonds is 7. The number of hydrogen-bond donors (Lipinski definition) is 2. The van der Waals surface area contributed by atoms with Crippen molar-refractivity contribution in [2.75, 3.05) is 27.8 Å². The topological polar surface area (TPSA) is 102 Å². The molecule has 1 spiro atoms. The molecular weight excluding hydrogens is 620 g/mol. The summed E-state index contributed by atoms with van der Waals surface area (Å²) in [5.41, 5.74) is 7.73. The van der Waals surface area contributed by atoms with E-state index in [2.05, 4.69) is 41.6 Å². The average molecular weight is 665 g/mol. The Hall–Kier alpha value is -4.47. The standard InChI is InChI=1S/C40H44N2O7/c1-20(2)48-39(45)28-15-24-14-23(26-9-8-25(46-6)16-34(26)47-7)19-42(24)36(22(28)4)21(3)27-18-33(44)37-35-29(27)17-31-30-10-11-32(43)38(49-37)40(30,35)12-13-41(31)5/h8-11,14-16,18-21,30-32,38,43-44H,12-13,17H2,1-7H3/t21?,30-,31+,32-,38-,40-/m0/s1. The van der Waals surface area contributed by atoms with Gasteiger partial charge in [0.15, 0.2) is 11.5 Å². The number of phenols is 1. The van der Waals surface area contributed by atoms with Crippen LogP contribution in [0.3, 0.4) is 0 Å². The summed E-state index contributed by atoms with van der Waals surface area (Å²) in [4.78, 5) is 16.0. The molecule has 2 N–H and O–H groups in total. The molecule has 2 aliphatic carbocycles. The summed E-state index contributed by atoms with van der Waals surface area (Å²) < 4.78 is 25.6. The zero-order chi connectivity index (χ0) is 34.5. The normalized spacial score (nSPS) is 25.7. The van der Waals surface area contributed by atoms with Gasteiger partial charge >= 0.3 is 5.97 Å². The number of carbonyl (C=O) groups is 1. The first-order chi connectivity index (χ1) is 23.5. The van der Waals surface area contributed by atoms with Gasteiger partial charge in [-0.05, 0) is 94.2 Å². The van der Waals surface area contributed by atoms with Gasteiger partial charge in [0.05, 0.1) is 25.9 Å². The molecule has 49 heavy (non-hydrogen) atoms. The number of pyridine rings is 1. The number of likely N-dealkylation sites (tertiary alicyclic amines) is 1. The van der Waals surface area contributed by atoms with Gasteiger partial charge in [0.25, 0.3) is 0 Å². The van der Waals surface area contributed by atoms with Gasteiger partial charge in [-0.1, -0.05) is 19.1 Å². The first kappa shape index (κ1) is 31.8. The Kier molecular flexibility index (Phi) is 7.32. The summed E-state index contributed by atoms with van der Waals surface area (Å²) in [6.07, 6.45) is 6.30. The van der Waals surface area contributed by atoms with Gasteiger partial charge in [-0.2, -0.15) is 0 Å². The third-order valence-electron chi connectivity index (χ3n) is 11.7. The van der Waals surface area contributed by atoms with E-state index >= 15 is 0 Å². The second-order valence-electron chi connectivity index (χ2n) is 14.5. The van der Waals surface area contributed by atoms with Crippen molar-refractivity contribution >= 4 is 11.5 Å². The molecule has 0 saturated carbocycles. The molecule has 4 heterocycles. The lowest BCUT2D eigenvalue weighted by atomic mass is 9.52. The minimum Gasteiger partial charge on any atom is -0.504 e. The summed E-state index contributed by atoms with van der Waals surface area (Å²) >= 11 is 0. The zero-order valence-corrected chi connectivity index (χ0v) is 29.1. The number of aromatic hydroxyl groups is 1. The predicted molar refractivity (Wildman–Crippen MR) is 186 cm³/mol. The molecule has 2 bridgehead atoms. The highest BCUT2D eigenvalue weighted by atomic mass is 16.5. The molecule has 2 aromatic heterocycles. The maximum absolute atomic E-state index is 13.6. The monoisotopic (exact) mass is 664 g/mol. The minimum atomic E-state index is -0.752. The molecule has 1 unspecified atom stereocenters. The number of ether oxygens (including phenoxy) is 4. The van der Waals surface area contributed by atoms with Crippen LogP contribution in [0.25, 0.3) is 16.6 Å². The lowest BCUT2D eigenvalue weighted by Gasteiger charge is -2.56. The van der Waals surface area contributed by atoms with Crippen LogP contribution in [0.2, 0.25) is 0 Å². The minimum absolute atomic E-state index is 0.0909. The number of aliphatic hydroxyl groups excluding tert-OH is 1. The number of carbonyl (C=O) groups excluding carboxylic acids is 1. The molecule has 1 saturated heterocycles. The Labute approximate surface area is 286 Å². The highest BCUT2D eigenvalue weighted by Gasteiger charge is 2.64.